The molecule has 1 saturated carbocycles. The molecule has 0 aromatic carbocycles. The van der Waals surface area contributed by atoms with Crippen LogP contribution in [0, 0.1) is 32.5 Å². The molecule has 20 heavy (non-hydrogen) atoms. The van der Waals surface area contributed by atoms with E-state index in [0.29, 0.717) is 16.2 Å². The van der Waals surface area contributed by atoms with Gasteiger partial charge in [0, 0.05) is 0 Å². The molecule has 0 N–H and O–H groups in total. The molecule has 1 fully saturated rings. The number of allylic oxidation sites excluding steroid dienone is 2. The van der Waals surface area contributed by atoms with Gasteiger partial charge in [-0.2, -0.15) is 0 Å². The highest BCUT2D eigenvalue weighted by molar-refractivity contribution is 5.44. The molecule has 3 aliphatic carbocycles. The molecule has 0 aliphatic heterocycles. The van der Waals surface area contributed by atoms with Crippen LogP contribution in [0.2, 0.25) is 0 Å². The lowest BCUT2D eigenvalue weighted by atomic mass is 9.21. The summed E-state index contributed by atoms with van der Waals surface area (Å²) in [6.07, 6.45) is 0. The van der Waals surface area contributed by atoms with E-state index in [9.17, 15) is 0 Å². The van der Waals surface area contributed by atoms with E-state index in [1.807, 2.05) is 0 Å². The summed E-state index contributed by atoms with van der Waals surface area (Å²) in [7, 11) is 0. The largest absolute Gasteiger partial charge is 0.0676 e. The highest BCUT2D eigenvalue weighted by atomic mass is 14.9. The standard InChI is InChI=1S/C20H36/c1-13-14(2)19(11)17(7,8)20(12,18(19,9)10)16(5,6)15(13,3)4/h1-12H3. The molecule has 116 valence electrons. The Morgan fingerprint density at radius 2 is 0.850 bits per heavy atom. The number of hydrogen-bond donors (Lipinski definition) is 0. The fraction of sp³-hybridized carbons (Fsp3) is 0.900. The topological polar surface area (TPSA) is 0 Å². The van der Waals surface area contributed by atoms with Crippen molar-refractivity contribution >= 4 is 0 Å². The van der Waals surface area contributed by atoms with Crippen molar-refractivity contribution in [2.24, 2.45) is 32.5 Å². The van der Waals surface area contributed by atoms with E-state index in [-0.39, 0.29) is 16.2 Å². The SMILES string of the molecule is CC1=C(C)C2(C)C(C)(C)C(C)(C(C)(C)C1(C)C)C2(C)C. The maximum absolute atomic E-state index is 2.56. The number of rotatable bonds is 0. The van der Waals surface area contributed by atoms with Gasteiger partial charge in [-0.05, 0) is 46.3 Å². The van der Waals surface area contributed by atoms with E-state index in [2.05, 4.69) is 83.1 Å². The van der Waals surface area contributed by atoms with Crippen LogP contribution in [0.5, 0.6) is 0 Å². The van der Waals surface area contributed by atoms with Gasteiger partial charge in [0.25, 0.3) is 0 Å². The summed E-state index contributed by atoms with van der Waals surface area (Å²) in [5.41, 5.74) is 4.96. The Morgan fingerprint density at radius 1 is 0.500 bits per heavy atom. The van der Waals surface area contributed by atoms with Crippen molar-refractivity contribution in [3.8, 4) is 0 Å². The van der Waals surface area contributed by atoms with Gasteiger partial charge in [0.1, 0.15) is 0 Å². The van der Waals surface area contributed by atoms with Gasteiger partial charge >= 0.3 is 0 Å². The molecule has 0 heteroatoms. The van der Waals surface area contributed by atoms with Crippen LogP contribution in [0.4, 0.5) is 0 Å². The molecule has 0 radical (unpaired) electrons. The minimum Gasteiger partial charge on any atom is -0.0676 e. The summed E-state index contributed by atoms with van der Waals surface area (Å²) in [5.74, 6) is 0. The fourth-order valence-electron chi connectivity index (χ4n) is 6.94. The smallest absolute Gasteiger partial charge is 0.000294 e. The molecule has 0 amide bonds. The Kier molecular flexibility index (Phi) is 2.73. The predicted molar refractivity (Wildman–Crippen MR) is 89.7 cm³/mol. The molecule has 0 nitrogen and oxygen atoms in total. The fourth-order valence-corrected chi connectivity index (χ4v) is 6.94. The molecular weight excluding hydrogens is 240 g/mol. The Morgan fingerprint density at radius 3 is 1.20 bits per heavy atom. The van der Waals surface area contributed by atoms with Crippen LogP contribution in [0.1, 0.15) is 83.1 Å². The van der Waals surface area contributed by atoms with Gasteiger partial charge < -0.3 is 0 Å². The van der Waals surface area contributed by atoms with Crippen molar-refractivity contribution in [1.82, 2.24) is 0 Å². The highest BCUT2D eigenvalue weighted by Crippen LogP contribution is 2.88. The second-order valence-corrected chi connectivity index (χ2v) is 10.0. The van der Waals surface area contributed by atoms with Crippen molar-refractivity contribution in [2.45, 2.75) is 83.1 Å². The molecular formula is C20H36. The van der Waals surface area contributed by atoms with Crippen LogP contribution >= 0.6 is 0 Å². The van der Waals surface area contributed by atoms with E-state index in [0.717, 1.165) is 0 Å². The van der Waals surface area contributed by atoms with Crippen LogP contribution in [-0.4, -0.2) is 0 Å². The lowest BCUT2D eigenvalue weighted by molar-refractivity contribution is -0.334. The van der Waals surface area contributed by atoms with Gasteiger partial charge in [-0.1, -0.05) is 80.4 Å². The Bertz CT molecular complexity index is 478. The highest BCUT2D eigenvalue weighted by Gasteiger charge is 2.82. The number of hydrogen-bond acceptors (Lipinski definition) is 0. The zero-order chi connectivity index (χ0) is 16.2. The van der Waals surface area contributed by atoms with Crippen LogP contribution in [0.15, 0.2) is 11.1 Å². The second-order valence-electron chi connectivity index (χ2n) is 10.0. The average molecular weight is 277 g/mol. The monoisotopic (exact) mass is 276 g/mol. The Labute approximate surface area is 127 Å². The van der Waals surface area contributed by atoms with Gasteiger partial charge in [-0.3, -0.25) is 0 Å². The van der Waals surface area contributed by atoms with E-state index in [4.69, 9.17) is 0 Å². The quantitative estimate of drug-likeness (QED) is 0.445. The first-order chi connectivity index (χ1) is 8.57. The maximum atomic E-state index is 2.56. The molecule has 0 heterocycles. The third kappa shape index (κ3) is 1.02. The van der Waals surface area contributed by atoms with Crippen LogP contribution in [0.25, 0.3) is 0 Å². The molecule has 0 spiro atoms. The molecule has 3 aliphatic rings. The summed E-state index contributed by atoms with van der Waals surface area (Å²) in [6, 6.07) is 0. The molecule has 0 saturated heterocycles. The van der Waals surface area contributed by atoms with Gasteiger partial charge in [0.2, 0.25) is 0 Å². The molecule has 0 unspecified atom stereocenters. The summed E-state index contributed by atoms with van der Waals surface area (Å²) in [5, 5.41) is 0. The Hall–Kier alpha value is -0.260. The molecule has 0 atom stereocenters. The maximum Gasteiger partial charge on any atom is -0.000294 e. The summed E-state index contributed by atoms with van der Waals surface area (Å²) >= 11 is 0. The first-order valence-electron chi connectivity index (χ1n) is 8.25. The van der Waals surface area contributed by atoms with Crippen LogP contribution in [0.3, 0.4) is 0 Å². The lowest BCUT2D eigenvalue weighted by Gasteiger charge is -2.82. The first kappa shape index (κ1) is 16.1. The third-order valence-electron chi connectivity index (χ3n) is 10.1. The minimum absolute atomic E-state index is 0.231. The normalized spacial score (nSPS) is 43.8. The van der Waals surface area contributed by atoms with Gasteiger partial charge in [0.15, 0.2) is 0 Å². The van der Waals surface area contributed by atoms with Crippen molar-refractivity contribution in [2.75, 3.05) is 0 Å². The van der Waals surface area contributed by atoms with E-state index in [1.165, 1.54) is 0 Å². The van der Waals surface area contributed by atoms with Crippen LogP contribution in [-0.2, 0) is 0 Å². The zero-order valence-corrected chi connectivity index (χ0v) is 16.0. The minimum atomic E-state index is 0.231. The number of fused-ring (bicyclic) bond motifs is 2. The third-order valence-corrected chi connectivity index (χ3v) is 10.1. The summed E-state index contributed by atoms with van der Waals surface area (Å²) in [6.45, 7) is 29.9. The van der Waals surface area contributed by atoms with Crippen molar-refractivity contribution in [3.05, 3.63) is 11.1 Å². The van der Waals surface area contributed by atoms with Gasteiger partial charge in [0.05, 0.1) is 0 Å². The van der Waals surface area contributed by atoms with Gasteiger partial charge in [-0.25, -0.2) is 0 Å². The molecule has 0 aromatic heterocycles. The molecule has 3 rings (SSSR count). The zero-order valence-electron chi connectivity index (χ0n) is 16.0. The van der Waals surface area contributed by atoms with E-state index in [1.54, 1.807) is 11.1 Å². The molecule has 2 bridgehead atoms. The lowest BCUT2D eigenvalue weighted by Crippen LogP contribution is -2.77. The van der Waals surface area contributed by atoms with E-state index >= 15 is 0 Å². The van der Waals surface area contributed by atoms with Crippen molar-refractivity contribution in [1.29, 1.82) is 0 Å². The first-order valence-corrected chi connectivity index (χ1v) is 8.25. The molecule has 0 aromatic rings. The average Bonchev–Trinajstić information content (AvgIpc) is 2.34. The summed E-state index contributed by atoms with van der Waals surface area (Å²) < 4.78 is 0. The van der Waals surface area contributed by atoms with Crippen molar-refractivity contribution < 1.29 is 0 Å². The summed E-state index contributed by atoms with van der Waals surface area (Å²) in [4.78, 5) is 0. The van der Waals surface area contributed by atoms with Gasteiger partial charge in [-0.15, -0.1) is 0 Å². The van der Waals surface area contributed by atoms with Crippen molar-refractivity contribution in [3.63, 3.8) is 0 Å². The van der Waals surface area contributed by atoms with E-state index < -0.39 is 0 Å². The predicted octanol–water partition coefficient (Wildman–Crippen LogP) is 6.47. The Balaban J connectivity index is 2.98. The van der Waals surface area contributed by atoms with Crippen LogP contribution < -0.4 is 0 Å². The second kappa shape index (κ2) is 3.39.